The second kappa shape index (κ2) is 28.4. The molecule has 486 valence electrons. The molecule has 0 unspecified atom stereocenters. The highest BCUT2D eigenvalue weighted by molar-refractivity contribution is 7.07. The van der Waals surface area contributed by atoms with Crippen molar-refractivity contribution >= 4 is 87.0 Å². The summed E-state index contributed by atoms with van der Waals surface area (Å²) in [6.45, 7) is 0.265. The number of halogens is 1. The van der Waals surface area contributed by atoms with Crippen molar-refractivity contribution < 1.29 is 51.4 Å². The van der Waals surface area contributed by atoms with Gasteiger partial charge in [-0.25, -0.2) is 94.1 Å². The van der Waals surface area contributed by atoms with Gasteiger partial charge in [0.25, 0.3) is 5.91 Å². The van der Waals surface area contributed by atoms with E-state index in [2.05, 4.69) is 89.8 Å². The Morgan fingerprint density at radius 2 is 0.856 bits per heavy atom. The van der Waals surface area contributed by atoms with Gasteiger partial charge in [-0.05, 0) is 36.4 Å². The van der Waals surface area contributed by atoms with Crippen LogP contribution in [0, 0.1) is 0 Å². The van der Waals surface area contributed by atoms with Crippen LogP contribution in [0.3, 0.4) is 0 Å². The lowest BCUT2D eigenvalue weighted by Crippen LogP contribution is -2.26. The van der Waals surface area contributed by atoms with Gasteiger partial charge in [-0.1, -0.05) is 19.0 Å². The van der Waals surface area contributed by atoms with Crippen LogP contribution in [0.25, 0.3) is 97.1 Å². The first-order valence-corrected chi connectivity index (χ1v) is 28.7. The van der Waals surface area contributed by atoms with Gasteiger partial charge in [0, 0.05) is 77.8 Å². The molecule has 97 heavy (non-hydrogen) atoms. The number of aromatic nitrogens is 19. The number of thiazole rings is 1. The summed E-state index contributed by atoms with van der Waals surface area (Å²) in [6, 6.07) is 10.9. The van der Waals surface area contributed by atoms with Gasteiger partial charge in [0.1, 0.15) is 59.1 Å². The van der Waals surface area contributed by atoms with Crippen LogP contribution in [-0.4, -0.2) is 136 Å². The first-order valence-electron chi connectivity index (χ1n) is 27.4. The Bertz CT molecular complexity index is 5300. The van der Waals surface area contributed by atoms with E-state index >= 15 is 0 Å². The van der Waals surface area contributed by atoms with Crippen molar-refractivity contribution in [3.8, 4) is 80.1 Å². The van der Waals surface area contributed by atoms with Crippen LogP contribution >= 0.6 is 22.9 Å². The van der Waals surface area contributed by atoms with E-state index in [1.165, 1.54) is 75.4 Å². The van der Waals surface area contributed by atoms with E-state index in [1.54, 1.807) is 59.2 Å². The number of rotatable bonds is 13. The number of pyridine rings is 3. The number of ether oxygens (including phenoxy) is 2. The average Bonchev–Trinajstić information content (AvgIpc) is 1.74. The molecule has 10 N–H and O–H groups in total. The molecule has 0 spiro atoms. The summed E-state index contributed by atoms with van der Waals surface area (Å²) in [4.78, 5) is 114. The Labute approximate surface area is 552 Å². The number of hydrogen-bond donors (Lipinski definition) is 6. The number of methoxy groups -OCH3 is 2. The Morgan fingerprint density at radius 3 is 1.24 bits per heavy atom. The lowest BCUT2D eigenvalue weighted by molar-refractivity contribution is 0.0586. The number of nitrogens with two attached hydrogens (primary N) is 4. The molecule has 0 radical (unpaired) electrons. The normalized spacial score (nSPS) is 10.8. The second-order valence-corrected chi connectivity index (χ2v) is 20.3. The zero-order chi connectivity index (χ0) is 67.0. The third kappa shape index (κ3) is 13.9. The van der Waals surface area contributed by atoms with Crippen LogP contribution in [-0.2, 0) is 16.0 Å². The number of amides is 1. The molecule has 15 rings (SSSR count). The molecule has 0 aliphatic heterocycles. The molecule has 0 aliphatic carbocycles. The molecule has 15 aromatic rings. The van der Waals surface area contributed by atoms with Crippen molar-refractivity contribution in [2.75, 3.05) is 37.2 Å². The topological polar surface area (TPSA) is 495 Å². The number of carbonyl (C=O) groups is 4. The maximum absolute atomic E-state index is 12.7. The minimum Gasteiger partial charge on any atom is -0.476 e. The zero-order valence-electron chi connectivity index (χ0n) is 49.3. The van der Waals surface area contributed by atoms with Crippen LogP contribution in [0.15, 0.2) is 171 Å². The standard InChI is InChI=1S/C19H14N8O2S.C16H12N6O3.C15H10N6O3.C9H7ClN4O3.CH4/c20-17-16(18(28)23-7-12-9-30-10-24-12)25-14(15(26-17)19-22-4-6-29-19)11-1-2-13-21-3-5-27(13)8-11;1-24-16(23)13-14(17)21-12(15-19-5-7-25-15)11(20-13)9-2-3-10-18-4-6-22(10)8-9;16-13-12(15(22)23)19-10(11(20-13)14-18-4-6-24-14)8-1-2-9-17-3-5-21(9)7-8;1-16-9(15)5-7(11)14-4(6(10)13-5)8-12-2-3-17-8;/h1-6,8-10H,7H2,(H2,20,26)(H,23,28);2-8H,1H3,(H2,17,21);1-7H,(H2,16,20)(H,22,23);2-3H,1H3,(H2,11,14);1H4. The number of aromatic carboxylic acids is 1. The number of nitrogen functional groups attached to an aromatic ring is 4. The Kier molecular flexibility index (Phi) is 19.0. The Morgan fingerprint density at radius 1 is 0.485 bits per heavy atom. The highest BCUT2D eigenvalue weighted by Gasteiger charge is 2.27. The Balaban J connectivity index is 0.000000133. The van der Waals surface area contributed by atoms with Gasteiger partial charge in [-0.3, -0.25) is 4.79 Å². The van der Waals surface area contributed by atoms with E-state index in [1.807, 2.05) is 57.0 Å². The first kappa shape index (κ1) is 64.7. The average molecular weight is 1350 g/mol. The van der Waals surface area contributed by atoms with E-state index in [9.17, 15) is 24.3 Å². The largest absolute Gasteiger partial charge is 0.476 e. The molecule has 0 aromatic carbocycles. The summed E-state index contributed by atoms with van der Waals surface area (Å²) in [5.74, 6) is -2.61. The summed E-state index contributed by atoms with van der Waals surface area (Å²) < 4.78 is 35.7. The third-order valence-electron chi connectivity index (χ3n) is 13.3. The van der Waals surface area contributed by atoms with Gasteiger partial charge in [0.05, 0.1) is 56.8 Å². The Hall–Kier alpha value is -13.8. The summed E-state index contributed by atoms with van der Waals surface area (Å²) in [5, 5.41) is 13.8. The van der Waals surface area contributed by atoms with Crippen molar-refractivity contribution in [1.82, 2.24) is 98.3 Å². The fourth-order valence-corrected chi connectivity index (χ4v) is 9.67. The lowest BCUT2D eigenvalue weighted by atomic mass is 10.1. The van der Waals surface area contributed by atoms with E-state index < -0.39 is 23.8 Å². The quantitative estimate of drug-likeness (QED) is 0.0601. The second-order valence-electron chi connectivity index (χ2n) is 19.2. The number of oxazole rings is 4. The van der Waals surface area contributed by atoms with Crippen LogP contribution in [0.1, 0.15) is 55.1 Å². The van der Waals surface area contributed by atoms with Crippen molar-refractivity contribution in [2.24, 2.45) is 0 Å². The fourth-order valence-electron chi connectivity index (χ4n) is 8.90. The summed E-state index contributed by atoms with van der Waals surface area (Å²) in [5.41, 5.74) is 31.7. The van der Waals surface area contributed by atoms with Gasteiger partial charge in [-0.2, -0.15) is 0 Å². The molecule has 15 heterocycles. The molecular formula is C60H47ClN24O11S. The lowest BCUT2D eigenvalue weighted by Gasteiger charge is -2.11. The molecule has 0 aliphatic rings. The number of carboxylic acids is 1. The van der Waals surface area contributed by atoms with Gasteiger partial charge in [0.2, 0.25) is 23.6 Å². The summed E-state index contributed by atoms with van der Waals surface area (Å²) in [6.07, 6.45) is 27.3. The maximum Gasteiger partial charge on any atom is 0.360 e. The predicted molar refractivity (Wildman–Crippen MR) is 345 cm³/mol. The van der Waals surface area contributed by atoms with Crippen LogP contribution < -0.4 is 28.3 Å². The van der Waals surface area contributed by atoms with Crippen molar-refractivity contribution in [2.45, 2.75) is 14.0 Å². The molecule has 0 saturated heterocycles. The number of carboxylic acid groups (broad SMARTS) is 1. The molecule has 37 heteroatoms. The molecule has 0 bridgehead atoms. The number of hydrogen-bond acceptors (Lipinski definition) is 31. The zero-order valence-corrected chi connectivity index (χ0v) is 50.8. The number of nitrogens with zero attached hydrogens (tertiary/aromatic N) is 19. The van der Waals surface area contributed by atoms with Crippen LogP contribution in [0.4, 0.5) is 23.3 Å². The third-order valence-corrected chi connectivity index (χ3v) is 14.2. The minimum atomic E-state index is -1.26. The highest BCUT2D eigenvalue weighted by atomic mass is 35.5. The molecule has 0 fully saturated rings. The fraction of sp³-hybridized carbons (Fsp3) is 0.0667. The molecule has 1 amide bonds. The van der Waals surface area contributed by atoms with Crippen LogP contribution in [0.5, 0.6) is 0 Å². The van der Waals surface area contributed by atoms with E-state index in [0.717, 1.165) is 22.6 Å². The first-order chi connectivity index (χ1) is 46.6. The SMILES string of the molecule is C.COC(=O)c1nc(-c2ccc3nccn3c2)c(-c2ncco2)nc1N.COC(=O)c1nc(Cl)c(-c2ncco2)nc1N.Nc1nc(-c2ncco2)c(-c2ccc3nccn3c2)nc1C(=O)NCc1cscn1.Nc1nc(-c2ncco2)c(-c2ccc3nccn3c2)nc1C(=O)O. The van der Waals surface area contributed by atoms with Crippen LogP contribution in [0.2, 0.25) is 5.15 Å². The number of nitrogens with one attached hydrogen (secondary N) is 1. The van der Waals surface area contributed by atoms with E-state index in [-0.39, 0.29) is 100 Å². The maximum atomic E-state index is 12.7. The van der Waals surface area contributed by atoms with Gasteiger partial charge in [0.15, 0.2) is 74.0 Å². The number of anilines is 4. The van der Waals surface area contributed by atoms with Gasteiger partial charge >= 0.3 is 17.9 Å². The number of esters is 2. The molecule has 15 aromatic heterocycles. The minimum absolute atomic E-state index is 0. The van der Waals surface area contributed by atoms with Gasteiger partial charge < -0.3 is 73.7 Å². The molecule has 0 saturated carbocycles. The molecule has 35 nitrogen and oxygen atoms in total. The monoisotopic (exact) mass is 1350 g/mol. The number of carbonyl (C=O) groups excluding carboxylic acids is 3. The van der Waals surface area contributed by atoms with Crippen molar-refractivity contribution in [1.29, 1.82) is 0 Å². The van der Waals surface area contributed by atoms with Crippen molar-refractivity contribution in [3.63, 3.8) is 0 Å². The number of imidazole rings is 3. The molecular weight excluding hydrogens is 1300 g/mol. The predicted octanol–water partition coefficient (Wildman–Crippen LogP) is 7.75. The van der Waals surface area contributed by atoms with E-state index in [0.29, 0.717) is 45.2 Å². The number of fused-ring (bicyclic) bond motifs is 3. The smallest absolute Gasteiger partial charge is 0.360 e. The van der Waals surface area contributed by atoms with Gasteiger partial charge in [-0.15, -0.1) is 11.3 Å². The molecule has 0 atom stereocenters. The summed E-state index contributed by atoms with van der Waals surface area (Å²) in [7, 11) is 2.46. The summed E-state index contributed by atoms with van der Waals surface area (Å²) >= 11 is 7.31. The van der Waals surface area contributed by atoms with E-state index in [4.69, 9.17) is 56.9 Å². The highest BCUT2D eigenvalue weighted by Crippen LogP contribution is 2.34. The van der Waals surface area contributed by atoms with Crippen molar-refractivity contribution in [3.05, 3.63) is 187 Å².